The van der Waals surface area contributed by atoms with Crippen molar-refractivity contribution in [3.63, 3.8) is 0 Å². The van der Waals surface area contributed by atoms with Crippen LogP contribution in [0.2, 0.25) is 0 Å². The molecule has 0 saturated carbocycles. The number of thiazole rings is 1. The molecule has 1 aliphatic rings. The Morgan fingerprint density at radius 1 is 0.818 bits per heavy atom. The first-order valence-corrected chi connectivity index (χ1v) is 17.6. The van der Waals surface area contributed by atoms with E-state index in [0.29, 0.717) is 17.7 Å². The number of nitrogens with zero attached hydrogens (tertiary/aromatic N) is 1. The number of aryl methyl sites for hydroxylation is 5. The van der Waals surface area contributed by atoms with Gasteiger partial charge in [-0.25, -0.2) is 4.98 Å². The summed E-state index contributed by atoms with van der Waals surface area (Å²) in [6.45, 7) is 10.6. The van der Waals surface area contributed by atoms with E-state index in [1.54, 1.807) is 0 Å². The molecule has 1 unspecified atom stereocenters. The average molecular weight is 620 g/mol. The van der Waals surface area contributed by atoms with E-state index in [9.17, 15) is 4.79 Å². The highest BCUT2D eigenvalue weighted by Gasteiger charge is 2.18. The molecule has 0 radical (unpaired) electrons. The Morgan fingerprint density at radius 2 is 1.41 bits per heavy atom. The maximum atomic E-state index is 13.0. The number of unbranched alkanes of at least 4 members (excludes halogenated alkanes) is 11. The third-order valence-electron chi connectivity index (χ3n) is 8.58. The molecule has 2 heterocycles. The fourth-order valence-electron chi connectivity index (χ4n) is 6.14. The Hall–Kier alpha value is -3.06. The summed E-state index contributed by atoms with van der Waals surface area (Å²) < 4.78 is 10.9. The minimum Gasteiger partial charge on any atom is -0.454 e. The van der Waals surface area contributed by atoms with Crippen LogP contribution >= 0.6 is 11.3 Å². The van der Waals surface area contributed by atoms with Crippen LogP contribution in [0.15, 0.2) is 30.3 Å². The minimum atomic E-state index is -0.0791. The number of hydrogen-bond donors (Lipinski definition) is 2. The van der Waals surface area contributed by atoms with Crippen LogP contribution in [0, 0.1) is 27.7 Å². The fraction of sp³-hybridized carbons (Fsp3) is 0.568. The molecular formula is C37H53N3O3S. The molecule has 0 aliphatic carbocycles. The normalized spacial score (nSPS) is 12.8. The molecule has 4 rings (SSSR count). The molecule has 44 heavy (non-hydrogen) atoms. The van der Waals surface area contributed by atoms with Gasteiger partial charge in [0.1, 0.15) is 4.88 Å². The molecule has 0 spiro atoms. The molecular weight excluding hydrogens is 566 g/mol. The Bertz CT molecular complexity index is 1330. The lowest BCUT2D eigenvalue weighted by atomic mass is 10.0. The number of aromatic nitrogens is 1. The van der Waals surface area contributed by atoms with Crippen molar-refractivity contribution in [3.05, 3.63) is 63.2 Å². The molecule has 6 nitrogen and oxygen atoms in total. The first kappa shape index (κ1) is 33.8. The van der Waals surface area contributed by atoms with E-state index >= 15 is 0 Å². The van der Waals surface area contributed by atoms with E-state index in [2.05, 4.69) is 53.7 Å². The van der Waals surface area contributed by atoms with Crippen LogP contribution in [0.25, 0.3) is 0 Å². The van der Waals surface area contributed by atoms with Crippen molar-refractivity contribution >= 4 is 28.1 Å². The molecule has 0 saturated heterocycles. The number of rotatable bonds is 19. The van der Waals surface area contributed by atoms with Crippen LogP contribution in [0.4, 0.5) is 10.8 Å². The summed E-state index contributed by atoms with van der Waals surface area (Å²) in [5, 5.41) is 7.48. The molecule has 3 aromatic rings. The van der Waals surface area contributed by atoms with E-state index in [1.807, 2.05) is 26.8 Å². The van der Waals surface area contributed by atoms with Crippen LogP contribution in [0.3, 0.4) is 0 Å². The zero-order chi connectivity index (χ0) is 31.3. The zero-order valence-electron chi connectivity index (χ0n) is 27.7. The van der Waals surface area contributed by atoms with Gasteiger partial charge in [-0.3, -0.25) is 4.79 Å². The number of carbonyl (C=O) groups excluding carboxylic acids is 1. The molecule has 1 atom stereocenters. The smallest absolute Gasteiger partial charge is 0.267 e. The van der Waals surface area contributed by atoms with Gasteiger partial charge in [0.05, 0.1) is 5.69 Å². The monoisotopic (exact) mass is 619 g/mol. The second-order valence-corrected chi connectivity index (χ2v) is 13.7. The van der Waals surface area contributed by atoms with E-state index < -0.39 is 0 Å². The third kappa shape index (κ3) is 10.5. The van der Waals surface area contributed by atoms with Crippen molar-refractivity contribution in [2.75, 3.05) is 17.4 Å². The van der Waals surface area contributed by atoms with Gasteiger partial charge in [0.15, 0.2) is 16.6 Å². The van der Waals surface area contributed by atoms with E-state index in [4.69, 9.17) is 9.47 Å². The van der Waals surface area contributed by atoms with Crippen molar-refractivity contribution in [3.8, 4) is 11.5 Å². The number of carbonyl (C=O) groups is 1. The summed E-state index contributed by atoms with van der Waals surface area (Å²) in [5.74, 6) is 1.70. The number of anilines is 2. The lowest BCUT2D eigenvalue weighted by Crippen LogP contribution is -2.14. The summed E-state index contributed by atoms with van der Waals surface area (Å²) in [6, 6.07) is 10.9. The molecule has 240 valence electrons. The van der Waals surface area contributed by atoms with Gasteiger partial charge in [-0.2, -0.15) is 0 Å². The Kier molecular flexibility index (Phi) is 13.4. The topological polar surface area (TPSA) is 72.5 Å². The van der Waals surface area contributed by atoms with Gasteiger partial charge in [0.25, 0.3) is 5.91 Å². The van der Waals surface area contributed by atoms with Gasteiger partial charge < -0.3 is 20.1 Å². The van der Waals surface area contributed by atoms with E-state index in [-0.39, 0.29) is 5.91 Å². The predicted octanol–water partition coefficient (Wildman–Crippen LogP) is 10.5. The predicted molar refractivity (Wildman–Crippen MR) is 185 cm³/mol. The average Bonchev–Trinajstić information content (AvgIpc) is 3.60. The molecule has 7 heteroatoms. The van der Waals surface area contributed by atoms with Crippen molar-refractivity contribution in [2.45, 2.75) is 131 Å². The molecule has 0 fully saturated rings. The van der Waals surface area contributed by atoms with Gasteiger partial charge in [-0.05, 0) is 82.7 Å². The number of amides is 1. The van der Waals surface area contributed by atoms with Crippen molar-refractivity contribution in [1.29, 1.82) is 0 Å². The van der Waals surface area contributed by atoms with E-state index in [1.165, 1.54) is 99.5 Å². The maximum absolute atomic E-state index is 13.0. The maximum Gasteiger partial charge on any atom is 0.267 e. The summed E-state index contributed by atoms with van der Waals surface area (Å²) in [7, 11) is 0. The quantitative estimate of drug-likeness (QED) is 0.131. The zero-order valence-corrected chi connectivity index (χ0v) is 28.5. The molecule has 2 aromatic carbocycles. The summed E-state index contributed by atoms with van der Waals surface area (Å²) in [6.07, 6.45) is 18.2. The largest absolute Gasteiger partial charge is 0.454 e. The number of hydrogen-bond acceptors (Lipinski definition) is 6. The van der Waals surface area contributed by atoms with Gasteiger partial charge in [0, 0.05) is 11.7 Å². The minimum absolute atomic E-state index is 0.0791. The standard InChI is InChI=1S/C37H53N3O3S/c1-26-22-27(2)34(28(3)23-26)40-36(41)35-30(5)39-37(44-35)38-29(4)18-16-14-12-10-8-6-7-9-11-13-15-17-19-31-20-21-32-33(24-31)43-25-42-32/h20-24,29H,6-19,25H2,1-5H3,(H,38,39)(H,40,41). The van der Waals surface area contributed by atoms with Crippen molar-refractivity contribution in [1.82, 2.24) is 4.98 Å². The van der Waals surface area contributed by atoms with Crippen LogP contribution < -0.4 is 20.1 Å². The third-order valence-corrected chi connectivity index (χ3v) is 9.67. The van der Waals surface area contributed by atoms with E-state index in [0.717, 1.165) is 52.0 Å². The number of benzene rings is 2. The second-order valence-electron chi connectivity index (χ2n) is 12.7. The van der Waals surface area contributed by atoms with Crippen molar-refractivity contribution < 1.29 is 14.3 Å². The van der Waals surface area contributed by atoms with Crippen molar-refractivity contribution in [2.24, 2.45) is 0 Å². The molecule has 1 amide bonds. The van der Waals surface area contributed by atoms with Crippen LogP contribution in [0.5, 0.6) is 11.5 Å². The van der Waals surface area contributed by atoms with Gasteiger partial charge in [0.2, 0.25) is 6.79 Å². The Labute approximate surface area is 269 Å². The lowest BCUT2D eigenvalue weighted by molar-refractivity contribution is 0.102. The highest BCUT2D eigenvalue weighted by Crippen LogP contribution is 2.33. The Morgan fingerprint density at radius 3 is 2.07 bits per heavy atom. The van der Waals surface area contributed by atoms with Crippen LogP contribution in [-0.4, -0.2) is 23.7 Å². The highest BCUT2D eigenvalue weighted by molar-refractivity contribution is 7.17. The van der Waals surface area contributed by atoms with Gasteiger partial charge in [-0.1, -0.05) is 106 Å². The Balaban J connectivity index is 0.985. The SMILES string of the molecule is Cc1cc(C)c(NC(=O)c2sc(NC(C)CCCCCCCCCCCCCCc3ccc4c(c3)OCO4)nc2C)c(C)c1. The fourth-order valence-corrected chi connectivity index (χ4v) is 7.12. The molecule has 0 bridgehead atoms. The number of fused-ring (bicyclic) bond motifs is 1. The van der Waals surface area contributed by atoms with Crippen LogP contribution in [-0.2, 0) is 6.42 Å². The first-order chi connectivity index (χ1) is 21.3. The first-order valence-electron chi connectivity index (χ1n) is 16.8. The molecule has 1 aromatic heterocycles. The van der Waals surface area contributed by atoms with Gasteiger partial charge >= 0.3 is 0 Å². The summed E-state index contributed by atoms with van der Waals surface area (Å²) in [5.41, 5.74) is 6.41. The highest BCUT2D eigenvalue weighted by atomic mass is 32.1. The number of nitrogens with one attached hydrogen (secondary N) is 2. The number of ether oxygens (including phenoxy) is 2. The van der Waals surface area contributed by atoms with Gasteiger partial charge in [-0.15, -0.1) is 0 Å². The summed E-state index contributed by atoms with van der Waals surface area (Å²) in [4.78, 5) is 18.4. The molecule has 1 aliphatic heterocycles. The van der Waals surface area contributed by atoms with Crippen LogP contribution in [0.1, 0.15) is 128 Å². The molecule has 2 N–H and O–H groups in total. The summed E-state index contributed by atoms with van der Waals surface area (Å²) >= 11 is 1.45. The second kappa shape index (κ2) is 17.4. The lowest BCUT2D eigenvalue weighted by Gasteiger charge is -2.13.